The lowest BCUT2D eigenvalue weighted by molar-refractivity contribution is -0.146. The molecule has 1 saturated heterocycles. The van der Waals surface area contributed by atoms with E-state index in [0.717, 1.165) is 0 Å². The second kappa shape index (κ2) is 14.0. The van der Waals surface area contributed by atoms with Crippen LogP contribution in [0.3, 0.4) is 0 Å². The van der Waals surface area contributed by atoms with E-state index in [-0.39, 0.29) is 31.0 Å². The van der Waals surface area contributed by atoms with Crippen LogP contribution in [0.2, 0.25) is 0 Å². The second-order valence-corrected chi connectivity index (χ2v) is 14.7. The highest BCUT2D eigenvalue weighted by Gasteiger charge is 2.61. The van der Waals surface area contributed by atoms with Gasteiger partial charge in [0, 0.05) is 37.5 Å². The van der Waals surface area contributed by atoms with Gasteiger partial charge in [-0.05, 0) is 46.5 Å². The highest BCUT2D eigenvalue weighted by atomic mass is 16.6. The third kappa shape index (κ3) is 7.94. The molecule has 1 aliphatic heterocycles. The Hall–Kier alpha value is -4.75. The number of nitrogens with one attached hydrogen (secondary N) is 2. The summed E-state index contributed by atoms with van der Waals surface area (Å²) >= 11 is 0. The van der Waals surface area contributed by atoms with Gasteiger partial charge < -0.3 is 30.3 Å². The summed E-state index contributed by atoms with van der Waals surface area (Å²) in [6.45, 7) is 18.8. The third-order valence-electron chi connectivity index (χ3n) is 8.92. The molecule has 5 atom stereocenters. The van der Waals surface area contributed by atoms with Crippen molar-refractivity contribution in [3.8, 4) is 11.3 Å². The van der Waals surface area contributed by atoms with E-state index in [0.29, 0.717) is 24.3 Å². The number of carboxylic acids is 1. The molecule has 14 heteroatoms. The number of hydrogen-bond donors (Lipinski definition) is 3. The number of amides is 4. The van der Waals surface area contributed by atoms with Crippen LogP contribution in [0.4, 0.5) is 4.79 Å². The molecule has 14 nitrogen and oxygen atoms in total. The van der Waals surface area contributed by atoms with Gasteiger partial charge in [0.15, 0.2) is 5.69 Å². The average Bonchev–Trinajstić information content (AvgIpc) is 3.34. The summed E-state index contributed by atoms with van der Waals surface area (Å²) in [6.07, 6.45) is 0.888. The molecule has 1 aliphatic carbocycles. The number of benzene rings is 1. The van der Waals surface area contributed by atoms with Crippen molar-refractivity contribution in [3.63, 3.8) is 0 Å². The minimum absolute atomic E-state index is 0.0249. The number of nitrogens with zero attached hydrogens (tertiary/aromatic N) is 5. The molecule has 49 heavy (non-hydrogen) atoms. The Morgan fingerprint density at radius 1 is 1.08 bits per heavy atom. The molecule has 3 N–H and O–H groups in total. The number of ether oxygens (including phenoxy) is 1. The molecule has 1 aromatic carbocycles. The number of carbonyl (C=O) groups excluding carboxylic acids is 4. The Balaban J connectivity index is 1.75. The topological polar surface area (TPSA) is 176 Å². The van der Waals surface area contributed by atoms with Crippen LogP contribution in [0, 0.1) is 11.3 Å². The van der Waals surface area contributed by atoms with Gasteiger partial charge in [0.05, 0.1) is 6.04 Å². The van der Waals surface area contributed by atoms with E-state index in [1.807, 2.05) is 44.2 Å². The molecule has 5 unspecified atom stereocenters. The molecule has 2 aliphatic rings. The molecule has 2 heterocycles. The van der Waals surface area contributed by atoms with Crippen molar-refractivity contribution in [1.82, 2.24) is 35.4 Å². The van der Waals surface area contributed by atoms with E-state index < -0.39 is 64.5 Å². The molecule has 266 valence electrons. The maximum absolute atomic E-state index is 14.4. The molecular weight excluding hydrogens is 630 g/mol. The fraction of sp³-hybridized carbons (Fsp3) is 0.571. The largest absolute Gasteiger partial charge is 0.479 e. The van der Waals surface area contributed by atoms with E-state index in [1.54, 1.807) is 46.4 Å². The molecule has 4 amide bonds. The van der Waals surface area contributed by atoms with Gasteiger partial charge in [0.2, 0.25) is 11.8 Å². The predicted molar refractivity (Wildman–Crippen MR) is 181 cm³/mol. The van der Waals surface area contributed by atoms with E-state index in [9.17, 15) is 29.1 Å². The van der Waals surface area contributed by atoms with Crippen molar-refractivity contribution in [3.05, 3.63) is 48.7 Å². The van der Waals surface area contributed by atoms with Crippen molar-refractivity contribution in [1.29, 1.82) is 0 Å². The Morgan fingerprint density at radius 3 is 2.22 bits per heavy atom. The van der Waals surface area contributed by atoms with Gasteiger partial charge >= 0.3 is 12.1 Å². The van der Waals surface area contributed by atoms with Gasteiger partial charge in [-0.25, -0.2) is 9.59 Å². The van der Waals surface area contributed by atoms with Crippen molar-refractivity contribution >= 4 is 29.8 Å². The van der Waals surface area contributed by atoms with Gasteiger partial charge in [-0.3, -0.25) is 14.4 Å². The normalized spacial score (nSPS) is 22.5. The molecule has 2 fully saturated rings. The first-order chi connectivity index (χ1) is 22.9. The summed E-state index contributed by atoms with van der Waals surface area (Å²) in [5, 5.41) is 24.8. The highest BCUT2D eigenvalue weighted by molar-refractivity contribution is 5.98. The number of hydrogen-bond acceptors (Lipinski definition) is 8. The summed E-state index contributed by atoms with van der Waals surface area (Å²) < 4.78 is 5.45. The monoisotopic (exact) mass is 679 g/mol. The van der Waals surface area contributed by atoms with Crippen molar-refractivity contribution < 1.29 is 33.8 Å². The number of rotatable bonds is 11. The molecule has 0 bridgehead atoms. The fourth-order valence-corrected chi connectivity index (χ4v) is 6.11. The van der Waals surface area contributed by atoms with Crippen LogP contribution in [-0.4, -0.2) is 103 Å². The smallest absolute Gasteiger partial charge is 0.408 e. The number of carbonyl (C=O) groups is 5. The van der Waals surface area contributed by atoms with E-state index in [1.165, 1.54) is 15.8 Å². The molecule has 0 radical (unpaired) electrons. The van der Waals surface area contributed by atoms with Crippen molar-refractivity contribution in [2.75, 3.05) is 19.6 Å². The number of carboxylic acid groups (broad SMARTS) is 1. The number of alkyl carbamates (subject to hydrolysis) is 1. The first-order valence-corrected chi connectivity index (χ1v) is 16.7. The minimum atomic E-state index is -1.53. The Labute approximate surface area is 287 Å². The first kappa shape index (κ1) is 37.1. The quantitative estimate of drug-likeness (QED) is 0.299. The number of aromatic nitrogens is 3. The van der Waals surface area contributed by atoms with Crippen LogP contribution in [-0.2, 0) is 19.1 Å². The van der Waals surface area contributed by atoms with Crippen LogP contribution in [0.25, 0.3) is 11.3 Å². The van der Waals surface area contributed by atoms with Gasteiger partial charge in [0.1, 0.15) is 28.9 Å². The summed E-state index contributed by atoms with van der Waals surface area (Å²) in [5.74, 6) is -3.20. The maximum atomic E-state index is 14.4. The Kier molecular flexibility index (Phi) is 10.6. The average molecular weight is 680 g/mol. The van der Waals surface area contributed by atoms with Gasteiger partial charge in [-0.15, -0.1) is 11.7 Å². The minimum Gasteiger partial charge on any atom is -0.479 e. The molecule has 1 saturated carbocycles. The lowest BCUT2D eigenvalue weighted by Gasteiger charge is -2.36. The second-order valence-electron chi connectivity index (χ2n) is 14.7. The molecule has 2 aromatic rings. The van der Waals surface area contributed by atoms with Crippen LogP contribution >= 0.6 is 0 Å². The van der Waals surface area contributed by atoms with E-state index in [4.69, 9.17) is 9.84 Å². The molecule has 0 spiro atoms. The summed E-state index contributed by atoms with van der Waals surface area (Å²) in [7, 11) is 0. The zero-order valence-corrected chi connectivity index (χ0v) is 29.6. The SMILES string of the molecule is C=CC1CC1(NC(=O)C1CC(n2nc(C(=O)N(CC)CC)c(-c3ccccc3)n2)CN1C(=O)C(NC(=O)OC(C)(C)C)C(C)(C)C)C(=O)O. The van der Waals surface area contributed by atoms with Gasteiger partial charge in [0.25, 0.3) is 5.91 Å². The standard InChI is InChI=1S/C35H49N7O7/c1-10-22-19-35(22,31(46)47)37-28(43)24-18-23(20-41(24)30(45)27(33(4,5)6)36-32(48)49-34(7,8)9)42-38-25(21-16-14-13-15-17-21)26(39-42)29(44)40(11-2)12-3/h10,13-17,22-24,27H,1,11-12,18-20H2,2-9H3,(H,36,48)(H,37,43)(H,46,47). The van der Waals surface area contributed by atoms with Gasteiger partial charge in [-0.2, -0.15) is 9.90 Å². The van der Waals surface area contributed by atoms with Crippen LogP contribution in [0.5, 0.6) is 0 Å². The Morgan fingerprint density at radius 2 is 1.71 bits per heavy atom. The lowest BCUT2D eigenvalue weighted by Crippen LogP contribution is -2.59. The summed E-state index contributed by atoms with van der Waals surface area (Å²) in [5.41, 5.74) is -2.00. The lowest BCUT2D eigenvalue weighted by atomic mass is 9.85. The predicted octanol–water partition coefficient (Wildman–Crippen LogP) is 3.65. The maximum Gasteiger partial charge on any atom is 0.408 e. The zero-order valence-electron chi connectivity index (χ0n) is 29.6. The van der Waals surface area contributed by atoms with Crippen molar-refractivity contribution in [2.45, 2.75) is 97.5 Å². The van der Waals surface area contributed by atoms with Crippen LogP contribution < -0.4 is 10.6 Å². The van der Waals surface area contributed by atoms with E-state index >= 15 is 0 Å². The zero-order chi connectivity index (χ0) is 36.5. The van der Waals surface area contributed by atoms with E-state index in [2.05, 4.69) is 22.3 Å². The number of aliphatic carboxylic acids is 1. The summed E-state index contributed by atoms with van der Waals surface area (Å²) in [4.78, 5) is 71.5. The van der Waals surface area contributed by atoms with Gasteiger partial charge in [-0.1, -0.05) is 57.2 Å². The highest BCUT2D eigenvalue weighted by Crippen LogP contribution is 2.45. The Bertz CT molecular complexity index is 1590. The van der Waals surface area contributed by atoms with Crippen molar-refractivity contribution in [2.24, 2.45) is 11.3 Å². The fourth-order valence-electron chi connectivity index (χ4n) is 6.11. The molecule has 4 rings (SSSR count). The number of likely N-dealkylation sites (tertiary alicyclic amines) is 1. The molecular formula is C35H49N7O7. The third-order valence-corrected chi connectivity index (χ3v) is 8.92. The molecule has 1 aromatic heterocycles. The van der Waals surface area contributed by atoms with Crippen LogP contribution in [0.15, 0.2) is 43.0 Å². The van der Waals surface area contributed by atoms with Crippen LogP contribution in [0.1, 0.15) is 84.8 Å². The summed E-state index contributed by atoms with van der Waals surface area (Å²) in [6, 6.07) is 6.22. The first-order valence-electron chi connectivity index (χ1n) is 16.7.